The molecule has 0 aliphatic carbocycles. The smallest absolute Gasteiger partial charge is 0.229 e. The number of ether oxygens (including phenoxy) is 1. The van der Waals surface area contributed by atoms with E-state index >= 15 is 0 Å². The normalized spacial score (nSPS) is 19.2. The van der Waals surface area contributed by atoms with Crippen molar-refractivity contribution in [2.75, 3.05) is 23.7 Å². The maximum Gasteiger partial charge on any atom is 0.229 e. The van der Waals surface area contributed by atoms with Crippen LogP contribution in [0.4, 0.5) is 23.3 Å². The number of benzene rings is 1. The van der Waals surface area contributed by atoms with Crippen molar-refractivity contribution in [3.63, 3.8) is 0 Å². The van der Waals surface area contributed by atoms with Crippen molar-refractivity contribution in [2.24, 2.45) is 0 Å². The molecule has 0 spiro atoms. The molecule has 2 aliphatic rings. The van der Waals surface area contributed by atoms with E-state index in [1.54, 1.807) is 24.5 Å². The third kappa shape index (κ3) is 5.32. The van der Waals surface area contributed by atoms with Crippen LogP contribution >= 0.6 is 0 Å². The Morgan fingerprint density at radius 2 is 1.58 bits per heavy atom. The molecule has 0 saturated carbocycles. The number of nitrogens with one attached hydrogen (secondary N) is 2. The van der Waals surface area contributed by atoms with Gasteiger partial charge in [-0.25, -0.2) is 19.9 Å². The third-order valence-electron chi connectivity index (χ3n) is 6.42. The number of morpholine rings is 1. The van der Waals surface area contributed by atoms with E-state index < -0.39 is 0 Å². The zero-order valence-corrected chi connectivity index (χ0v) is 20.1. The molecule has 3 aromatic heterocycles. The molecule has 0 amide bonds. The van der Waals surface area contributed by atoms with Gasteiger partial charge in [-0.15, -0.1) is 0 Å². The minimum absolute atomic E-state index is 0.413. The number of hydrogen-bond acceptors (Lipinski definition) is 9. The zero-order chi connectivity index (χ0) is 24.3. The van der Waals surface area contributed by atoms with E-state index in [1.165, 1.54) is 18.4 Å². The summed E-state index contributed by atoms with van der Waals surface area (Å²) in [5.74, 6) is 2.33. The second kappa shape index (κ2) is 9.96. The van der Waals surface area contributed by atoms with E-state index in [0.717, 1.165) is 36.7 Å². The fourth-order valence-corrected chi connectivity index (χ4v) is 4.75. The number of aryl methyl sites for hydroxylation is 1. The van der Waals surface area contributed by atoms with Crippen molar-refractivity contribution >= 4 is 23.3 Å². The second-order valence-electron chi connectivity index (χ2n) is 9.29. The minimum atomic E-state index is 0.413. The molecule has 2 N–H and O–H groups in total. The first-order chi connectivity index (χ1) is 17.7. The lowest BCUT2D eigenvalue weighted by atomic mass is 10.1. The van der Waals surface area contributed by atoms with E-state index in [9.17, 15) is 0 Å². The van der Waals surface area contributed by atoms with Crippen LogP contribution in [0.25, 0.3) is 11.5 Å². The molecule has 2 bridgehead atoms. The van der Waals surface area contributed by atoms with Gasteiger partial charge >= 0.3 is 0 Å². The van der Waals surface area contributed by atoms with Crippen LogP contribution in [0.5, 0.6) is 0 Å². The summed E-state index contributed by atoms with van der Waals surface area (Å²) in [5.41, 5.74) is 3.88. The molecule has 36 heavy (non-hydrogen) atoms. The predicted octanol–water partition coefficient (Wildman–Crippen LogP) is 4.49. The van der Waals surface area contributed by atoms with Crippen LogP contribution in [-0.4, -0.2) is 55.1 Å². The number of aromatic nitrogens is 5. The average Bonchev–Trinajstić information content (AvgIpc) is 3.23. The summed E-state index contributed by atoms with van der Waals surface area (Å²) in [6.07, 6.45) is 6.63. The number of rotatable bonds is 7. The number of pyridine rings is 1. The summed E-state index contributed by atoms with van der Waals surface area (Å²) < 4.78 is 5.95. The van der Waals surface area contributed by atoms with Crippen LogP contribution in [0.15, 0.2) is 67.0 Å². The van der Waals surface area contributed by atoms with Crippen LogP contribution < -0.4 is 10.6 Å². The molecule has 2 fully saturated rings. The molecular weight excluding hydrogens is 452 g/mol. The van der Waals surface area contributed by atoms with Crippen LogP contribution in [0.3, 0.4) is 0 Å². The van der Waals surface area contributed by atoms with Crippen molar-refractivity contribution in [3.05, 3.63) is 78.2 Å². The summed E-state index contributed by atoms with van der Waals surface area (Å²) in [6.45, 7) is 4.95. The first-order valence-electron chi connectivity index (χ1n) is 12.3. The SMILES string of the molecule is Cc1cccc(-c2nccc(Nc3ccnc(Nc4ccc(CN5CC6CCC(C5)O6)cc4)n3)n2)n1. The van der Waals surface area contributed by atoms with E-state index in [0.29, 0.717) is 35.6 Å². The second-order valence-corrected chi connectivity index (χ2v) is 9.29. The molecule has 0 radical (unpaired) electrons. The number of nitrogens with zero attached hydrogens (tertiary/aromatic N) is 6. The minimum Gasteiger partial charge on any atom is -0.372 e. The molecule has 2 aliphatic heterocycles. The fraction of sp³-hybridized carbons (Fsp3) is 0.296. The lowest BCUT2D eigenvalue weighted by Gasteiger charge is -2.32. The zero-order valence-electron chi connectivity index (χ0n) is 20.1. The molecule has 5 heterocycles. The molecule has 2 saturated heterocycles. The van der Waals surface area contributed by atoms with Gasteiger partial charge in [0.25, 0.3) is 0 Å². The van der Waals surface area contributed by atoms with Gasteiger partial charge < -0.3 is 15.4 Å². The summed E-state index contributed by atoms with van der Waals surface area (Å²) in [4.78, 5) is 24.9. The maximum atomic E-state index is 5.95. The highest BCUT2D eigenvalue weighted by Crippen LogP contribution is 2.27. The number of likely N-dealkylation sites (tertiary alicyclic amines) is 1. The Balaban J connectivity index is 1.09. The Kier molecular flexibility index (Phi) is 6.23. The third-order valence-corrected chi connectivity index (χ3v) is 6.42. The van der Waals surface area contributed by atoms with Crippen molar-refractivity contribution in [2.45, 2.75) is 38.5 Å². The average molecular weight is 481 g/mol. The number of fused-ring (bicyclic) bond motifs is 2. The van der Waals surface area contributed by atoms with Gasteiger partial charge in [-0.1, -0.05) is 18.2 Å². The quantitative estimate of drug-likeness (QED) is 0.396. The van der Waals surface area contributed by atoms with Crippen molar-refractivity contribution < 1.29 is 4.74 Å². The highest BCUT2D eigenvalue weighted by Gasteiger charge is 2.33. The van der Waals surface area contributed by atoms with Gasteiger partial charge in [0.05, 0.1) is 12.2 Å². The molecular formula is C27H28N8O. The van der Waals surface area contributed by atoms with Crippen LogP contribution in [-0.2, 0) is 11.3 Å². The highest BCUT2D eigenvalue weighted by atomic mass is 16.5. The van der Waals surface area contributed by atoms with E-state index in [1.807, 2.05) is 25.1 Å². The Morgan fingerprint density at radius 3 is 2.36 bits per heavy atom. The molecule has 9 heteroatoms. The first-order valence-corrected chi connectivity index (χ1v) is 12.3. The van der Waals surface area contributed by atoms with Gasteiger partial charge in [-0.3, -0.25) is 4.90 Å². The summed E-state index contributed by atoms with van der Waals surface area (Å²) in [5, 5.41) is 6.53. The maximum absolute atomic E-state index is 5.95. The molecule has 4 aromatic rings. The predicted molar refractivity (Wildman–Crippen MR) is 138 cm³/mol. The highest BCUT2D eigenvalue weighted by molar-refractivity contribution is 5.59. The topological polar surface area (TPSA) is 101 Å². The molecule has 1 aromatic carbocycles. The monoisotopic (exact) mass is 480 g/mol. The lowest BCUT2D eigenvalue weighted by molar-refractivity contribution is -0.0410. The van der Waals surface area contributed by atoms with Gasteiger partial charge in [-0.2, -0.15) is 4.98 Å². The Bertz CT molecular complexity index is 1330. The Labute approximate surface area is 210 Å². The molecule has 9 nitrogen and oxygen atoms in total. The van der Waals surface area contributed by atoms with E-state index in [4.69, 9.17) is 4.74 Å². The first kappa shape index (κ1) is 22.5. The summed E-state index contributed by atoms with van der Waals surface area (Å²) >= 11 is 0. The summed E-state index contributed by atoms with van der Waals surface area (Å²) in [7, 11) is 0. The number of anilines is 4. The Hall–Kier alpha value is -3.95. The van der Waals surface area contributed by atoms with Gasteiger partial charge in [0.2, 0.25) is 5.95 Å². The van der Waals surface area contributed by atoms with Gasteiger partial charge in [0.15, 0.2) is 5.82 Å². The Morgan fingerprint density at radius 1 is 0.833 bits per heavy atom. The van der Waals surface area contributed by atoms with Crippen LogP contribution in [0, 0.1) is 6.92 Å². The number of hydrogen-bond donors (Lipinski definition) is 2. The molecule has 2 unspecified atom stereocenters. The van der Waals surface area contributed by atoms with Gasteiger partial charge in [0.1, 0.15) is 17.3 Å². The van der Waals surface area contributed by atoms with Crippen molar-refractivity contribution in [1.29, 1.82) is 0 Å². The largest absolute Gasteiger partial charge is 0.372 e. The van der Waals surface area contributed by atoms with Crippen LogP contribution in [0.1, 0.15) is 24.1 Å². The van der Waals surface area contributed by atoms with Crippen molar-refractivity contribution in [3.8, 4) is 11.5 Å². The molecule has 6 rings (SSSR count). The lowest BCUT2D eigenvalue weighted by Crippen LogP contribution is -2.41. The summed E-state index contributed by atoms with van der Waals surface area (Å²) in [6, 6.07) is 17.8. The molecule has 2 atom stereocenters. The van der Waals surface area contributed by atoms with E-state index in [-0.39, 0.29) is 0 Å². The van der Waals surface area contributed by atoms with E-state index in [2.05, 4.69) is 64.7 Å². The fourth-order valence-electron chi connectivity index (χ4n) is 4.75. The molecule has 182 valence electrons. The van der Waals surface area contributed by atoms with Gasteiger partial charge in [0, 0.05) is 43.4 Å². The standard InChI is InChI=1S/C27H28N8O/c1-18-3-2-4-23(30-18)26-28-13-11-24(33-26)32-25-12-14-29-27(34-25)31-20-7-5-19(6-8-20)15-35-16-21-9-10-22(17-35)36-21/h2-8,11-14,21-22H,9-10,15-17H2,1H3,(H2,28,29,31,32,33,34). The van der Waals surface area contributed by atoms with Crippen LogP contribution in [0.2, 0.25) is 0 Å². The van der Waals surface area contributed by atoms with Crippen molar-refractivity contribution in [1.82, 2.24) is 29.8 Å². The van der Waals surface area contributed by atoms with Gasteiger partial charge in [-0.05, 0) is 61.7 Å².